The lowest BCUT2D eigenvalue weighted by Gasteiger charge is -2.27. The average Bonchev–Trinajstić information content (AvgIpc) is 2.86. The summed E-state index contributed by atoms with van der Waals surface area (Å²) in [7, 11) is -3.23. The lowest BCUT2D eigenvalue weighted by Crippen LogP contribution is -2.40. The average molecular weight is 280 g/mol. The summed E-state index contributed by atoms with van der Waals surface area (Å²) >= 11 is 0. The summed E-state index contributed by atoms with van der Waals surface area (Å²) in [4.78, 5) is 0. The van der Waals surface area contributed by atoms with Crippen LogP contribution in [0.15, 0.2) is 24.3 Å². The molecular weight excluding hydrogens is 260 g/mol. The Hall–Kier alpha value is -1.07. The first-order chi connectivity index (χ1) is 9.19. The van der Waals surface area contributed by atoms with E-state index < -0.39 is 10.0 Å². The first kappa shape index (κ1) is 12.9. The molecule has 0 radical (unpaired) electrons. The molecule has 3 rings (SSSR count). The fraction of sp³-hybridized carbons (Fsp3) is 0.571. The number of anilines is 1. The Kier molecular flexibility index (Phi) is 3.50. The molecule has 1 saturated heterocycles. The highest BCUT2D eigenvalue weighted by atomic mass is 32.2. The summed E-state index contributed by atoms with van der Waals surface area (Å²) in [6.45, 7) is 2.01. The van der Waals surface area contributed by atoms with Gasteiger partial charge in [0.1, 0.15) is 0 Å². The first-order valence-electron chi connectivity index (χ1n) is 7.00. The highest BCUT2D eigenvalue weighted by Gasteiger charge is 2.35. The molecule has 1 unspecified atom stereocenters. The standard InChI is InChI=1S/C14H20N2O2S/c17-19(18,13-8-9-15-11-13)16-10-4-3-6-12-5-1-2-7-14(12)16/h1-2,5,7,13,15H,3-4,6,8-11H2. The third-order valence-corrected chi connectivity index (χ3v) is 6.30. The van der Waals surface area contributed by atoms with E-state index in [1.54, 1.807) is 4.31 Å². The number of hydrogen-bond acceptors (Lipinski definition) is 3. The predicted octanol–water partition coefficient (Wildman–Crippen LogP) is 1.52. The number of sulfonamides is 1. The summed E-state index contributed by atoms with van der Waals surface area (Å²) in [6.07, 6.45) is 3.70. The van der Waals surface area contributed by atoms with Crippen LogP contribution >= 0.6 is 0 Å². The van der Waals surface area contributed by atoms with E-state index in [0.29, 0.717) is 13.1 Å². The second-order valence-corrected chi connectivity index (χ2v) is 7.46. The molecular formula is C14H20N2O2S. The Morgan fingerprint density at radius 3 is 2.84 bits per heavy atom. The van der Waals surface area contributed by atoms with Gasteiger partial charge in [-0.15, -0.1) is 0 Å². The molecule has 2 aliphatic heterocycles. The van der Waals surface area contributed by atoms with E-state index in [0.717, 1.165) is 43.5 Å². The van der Waals surface area contributed by atoms with Gasteiger partial charge in [-0.2, -0.15) is 0 Å². The molecule has 2 aliphatic rings. The van der Waals surface area contributed by atoms with Gasteiger partial charge in [0.25, 0.3) is 0 Å². The van der Waals surface area contributed by atoms with E-state index >= 15 is 0 Å². The van der Waals surface area contributed by atoms with Crippen LogP contribution in [0.1, 0.15) is 24.8 Å². The first-order valence-corrected chi connectivity index (χ1v) is 8.50. The van der Waals surface area contributed by atoms with Crippen molar-refractivity contribution in [3.63, 3.8) is 0 Å². The number of fused-ring (bicyclic) bond motifs is 1. The maximum absolute atomic E-state index is 12.8. The van der Waals surface area contributed by atoms with Gasteiger partial charge < -0.3 is 5.32 Å². The highest BCUT2D eigenvalue weighted by molar-refractivity contribution is 7.93. The van der Waals surface area contributed by atoms with Gasteiger partial charge in [-0.25, -0.2) is 8.42 Å². The van der Waals surface area contributed by atoms with Crippen molar-refractivity contribution >= 4 is 15.7 Å². The third-order valence-electron chi connectivity index (χ3n) is 4.06. The van der Waals surface area contributed by atoms with Crippen molar-refractivity contribution in [3.8, 4) is 0 Å². The number of hydrogen-bond donors (Lipinski definition) is 1. The summed E-state index contributed by atoms with van der Waals surface area (Å²) in [5.41, 5.74) is 2.06. The van der Waals surface area contributed by atoms with Crippen molar-refractivity contribution in [2.24, 2.45) is 0 Å². The van der Waals surface area contributed by atoms with Crippen LogP contribution in [0.2, 0.25) is 0 Å². The number of rotatable bonds is 2. The Labute approximate surface area is 114 Å². The second-order valence-electron chi connectivity index (χ2n) is 5.32. The van der Waals surface area contributed by atoms with Gasteiger partial charge in [0, 0.05) is 13.1 Å². The van der Waals surface area contributed by atoms with Crippen molar-refractivity contribution in [1.29, 1.82) is 0 Å². The molecule has 0 spiro atoms. The minimum Gasteiger partial charge on any atom is -0.315 e. The Balaban J connectivity index is 2.00. The highest BCUT2D eigenvalue weighted by Crippen LogP contribution is 2.30. The Morgan fingerprint density at radius 2 is 2.05 bits per heavy atom. The van der Waals surface area contributed by atoms with Gasteiger partial charge in [-0.3, -0.25) is 4.31 Å². The van der Waals surface area contributed by atoms with E-state index in [-0.39, 0.29) is 5.25 Å². The Morgan fingerprint density at radius 1 is 1.21 bits per heavy atom. The number of aryl methyl sites for hydroxylation is 1. The topological polar surface area (TPSA) is 49.4 Å². The van der Waals surface area contributed by atoms with Gasteiger partial charge in [0.05, 0.1) is 10.9 Å². The monoisotopic (exact) mass is 280 g/mol. The number of benzene rings is 1. The molecule has 0 aromatic heterocycles. The van der Waals surface area contributed by atoms with Gasteiger partial charge in [0.15, 0.2) is 0 Å². The maximum atomic E-state index is 12.8. The summed E-state index contributed by atoms with van der Waals surface area (Å²) in [6, 6.07) is 7.92. The van der Waals surface area contributed by atoms with Crippen molar-refractivity contribution < 1.29 is 8.42 Å². The van der Waals surface area contributed by atoms with Crippen LogP contribution in [0, 0.1) is 0 Å². The minimum atomic E-state index is -3.23. The second kappa shape index (κ2) is 5.13. The molecule has 1 atom stereocenters. The largest absolute Gasteiger partial charge is 0.315 e. The lowest BCUT2D eigenvalue weighted by molar-refractivity contribution is 0.576. The Bertz CT molecular complexity index is 550. The van der Waals surface area contributed by atoms with Crippen molar-refractivity contribution in [2.75, 3.05) is 23.9 Å². The summed E-state index contributed by atoms with van der Waals surface area (Å²) < 4.78 is 27.2. The fourth-order valence-electron chi connectivity index (χ4n) is 2.98. The normalized spacial score (nSPS) is 24.0. The van der Waals surface area contributed by atoms with Gasteiger partial charge in [0.2, 0.25) is 10.0 Å². The van der Waals surface area contributed by atoms with Crippen molar-refractivity contribution in [1.82, 2.24) is 5.32 Å². The molecule has 5 heteroatoms. The van der Waals surface area contributed by atoms with E-state index in [1.807, 2.05) is 18.2 Å². The molecule has 0 aliphatic carbocycles. The lowest BCUT2D eigenvalue weighted by atomic mass is 10.1. The van der Waals surface area contributed by atoms with Gasteiger partial charge in [-0.1, -0.05) is 18.2 Å². The number of nitrogens with zero attached hydrogens (tertiary/aromatic N) is 1. The smallest absolute Gasteiger partial charge is 0.239 e. The third kappa shape index (κ3) is 2.37. The van der Waals surface area contributed by atoms with Crippen LogP contribution in [0.3, 0.4) is 0 Å². The fourth-order valence-corrected chi connectivity index (χ4v) is 4.92. The number of para-hydroxylation sites is 1. The van der Waals surface area contributed by atoms with Crippen LogP contribution in [0.4, 0.5) is 5.69 Å². The molecule has 104 valence electrons. The minimum absolute atomic E-state index is 0.265. The molecule has 1 aromatic carbocycles. The molecule has 19 heavy (non-hydrogen) atoms. The zero-order chi connectivity index (χ0) is 13.3. The number of nitrogens with one attached hydrogen (secondary N) is 1. The van der Waals surface area contributed by atoms with Crippen LogP contribution in [-0.2, 0) is 16.4 Å². The zero-order valence-corrected chi connectivity index (χ0v) is 11.8. The summed E-state index contributed by atoms with van der Waals surface area (Å²) in [5, 5.41) is 2.89. The van der Waals surface area contributed by atoms with Crippen molar-refractivity contribution in [3.05, 3.63) is 29.8 Å². The molecule has 4 nitrogen and oxygen atoms in total. The van der Waals surface area contributed by atoms with E-state index in [9.17, 15) is 8.42 Å². The predicted molar refractivity (Wildman–Crippen MR) is 76.9 cm³/mol. The van der Waals surface area contributed by atoms with Crippen molar-refractivity contribution in [2.45, 2.75) is 30.9 Å². The summed E-state index contributed by atoms with van der Waals surface area (Å²) in [5.74, 6) is 0. The molecule has 1 N–H and O–H groups in total. The molecule has 1 fully saturated rings. The zero-order valence-electron chi connectivity index (χ0n) is 11.0. The van der Waals surface area contributed by atoms with Crippen LogP contribution in [0.5, 0.6) is 0 Å². The van der Waals surface area contributed by atoms with E-state index in [1.165, 1.54) is 0 Å². The van der Waals surface area contributed by atoms with E-state index in [2.05, 4.69) is 11.4 Å². The quantitative estimate of drug-likeness (QED) is 0.893. The van der Waals surface area contributed by atoms with Crippen LogP contribution < -0.4 is 9.62 Å². The van der Waals surface area contributed by atoms with E-state index in [4.69, 9.17) is 0 Å². The SMILES string of the molecule is O=S(=O)(C1CCNC1)N1CCCCc2ccccc21. The molecule has 0 bridgehead atoms. The van der Waals surface area contributed by atoms with Crippen LogP contribution in [-0.4, -0.2) is 33.3 Å². The molecule has 2 heterocycles. The van der Waals surface area contributed by atoms with Crippen LogP contribution in [0.25, 0.3) is 0 Å². The molecule has 1 aromatic rings. The van der Waals surface area contributed by atoms with Gasteiger partial charge in [-0.05, 0) is 43.9 Å². The van der Waals surface area contributed by atoms with Gasteiger partial charge >= 0.3 is 0 Å². The maximum Gasteiger partial charge on any atom is 0.239 e. The molecule has 0 amide bonds. The molecule has 0 saturated carbocycles.